The maximum Gasteiger partial charge on any atom is 0.320 e. The minimum absolute atomic E-state index is 0.133. The highest BCUT2D eigenvalue weighted by molar-refractivity contribution is 6.05. The number of nitrogens with one attached hydrogen (secondary N) is 2. The first-order valence-corrected chi connectivity index (χ1v) is 22.9. The Morgan fingerprint density at radius 2 is 1.50 bits per heavy atom. The predicted octanol–water partition coefficient (Wildman–Crippen LogP) is 4.67. The number of piperazine rings is 1. The molecule has 7 heterocycles. The van der Waals surface area contributed by atoms with Gasteiger partial charge in [-0.05, 0) is 111 Å². The van der Waals surface area contributed by atoms with E-state index in [0.29, 0.717) is 66.4 Å². The zero-order valence-corrected chi connectivity index (χ0v) is 36.1. The summed E-state index contributed by atoms with van der Waals surface area (Å²) in [7, 11) is 0. The standard InChI is InChI=1S/C48H56N10O6/c49-44(60)42-43(33-7-9-37(10-8-33)64-36-4-2-1-3-5-36)52-58-39(14-19-50-45(42)58)32-15-20-54(21-16-32)35-17-22-55(23-18-35)48(63)56-26-24-53(25-27-56)29-31-6-11-38-34(28-31)30-57(47(38)62)40-12-13-41(59)51-46(40)61/h1-11,28,32,35,39-40,50H,12-27,29-30H2,(H2,49,60)(H,51,59,61). The van der Waals surface area contributed by atoms with Crippen LogP contribution in [0.2, 0.25) is 0 Å². The molecule has 0 aliphatic carbocycles. The number of nitrogens with two attached hydrogens (primary N) is 1. The maximum absolute atomic E-state index is 13.7. The highest BCUT2D eigenvalue weighted by atomic mass is 16.5. The van der Waals surface area contributed by atoms with Crippen LogP contribution in [0.3, 0.4) is 0 Å². The Labute approximate surface area is 372 Å². The average molecular weight is 869 g/mol. The van der Waals surface area contributed by atoms with Crippen molar-refractivity contribution in [3.05, 3.63) is 95.1 Å². The smallest absolute Gasteiger partial charge is 0.320 e. The molecule has 16 heteroatoms. The van der Waals surface area contributed by atoms with E-state index in [2.05, 4.69) is 26.5 Å². The fourth-order valence-electron chi connectivity index (χ4n) is 10.9. The van der Waals surface area contributed by atoms with Crippen molar-refractivity contribution in [2.24, 2.45) is 11.7 Å². The Balaban J connectivity index is 0.687. The molecule has 4 fully saturated rings. The second kappa shape index (κ2) is 17.7. The SMILES string of the molecule is NC(=O)c1c(-c2ccc(Oc3ccccc3)cc2)nn2c1NCCC2C1CCN(C2CCN(C(=O)N3CCN(Cc4ccc5c(c4)CN(C4CCC(=O)NC4=O)C5=O)CC3)CC2)CC1. The number of para-hydroxylation sites is 1. The van der Waals surface area contributed by atoms with E-state index >= 15 is 0 Å². The van der Waals surface area contributed by atoms with E-state index < -0.39 is 17.9 Å². The number of hydrogen-bond acceptors (Lipinski definition) is 10. The Morgan fingerprint density at radius 1 is 0.781 bits per heavy atom. The van der Waals surface area contributed by atoms with Crippen LogP contribution in [0.4, 0.5) is 10.6 Å². The number of likely N-dealkylation sites (tertiary alicyclic amines) is 2. The van der Waals surface area contributed by atoms with Gasteiger partial charge in [0.2, 0.25) is 11.8 Å². The van der Waals surface area contributed by atoms with Gasteiger partial charge in [-0.1, -0.05) is 30.3 Å². The number of urea groups is 1. The molecule has 4 aromatic rings. The number of aromatic nitrogens is 2. The van der Waals surface area contributed by atoms with Crippen molar-refractivity contribution in [2.45, 2.75) is 76.2 Å². The molecule has 2 unspecified atom stereocenters. The minimum Gasteiger partial charge on any atom is -0.457 e. The molecule has 64 heavy (non-hydrogen) atoms. The first kappa shape index (κ1) is 41.7. The van der Waals surface area contributed by atoms with E-state index in [-0.39, 0.29) is 30.3 Å². The number of rotatable bonds is 9. The van der Waals surface area contributed by atoms with E-state index in [1.165, 1.54) is 0 Å². The third-order valence-corrected chi connectivity index (χ3v) is 14.3. The first-order chi connectivity index (χ1) is 31.2. The fourth-order valence-corrected chi connectivity index (χ4v) is 10.9. The lowest BCUT2D eigenvalue weighted by atomic mass is 9.85. The molecular formula is C48H56N10O6. The summed E-state index contributed by atoms with van der Waals surface area (Å²) < 4.78 is 8.03. The van der Waals surface area contributed by atoms with Crippen molar-refractivity contribution < 1.29 is 28.7 Å². The summed E-state index contributed by atoms with van der Waals surface area (Å²) in [6.07, 6.45) is 5.54. The third kappa shape index (κ3) is 8.31. The van der Waals surface area contributed by atoms with Crippen LogP contribution in [0.5, 0.6) is 11.5 Å². The molecule has 2 atom stereocenters. The third-order valence-electron chi connectivity index (χ3n) is 14.3. The van der Waals surface area contributed by atoms with Gasteiger partial charge in [-0.25, -0.2) is 9.48 Å². The Kier molecular flexibility index (Phi) is 11.6. The van der Waals surface area contributed by atoms with Crippen LogP contribution >= 0.6 is 0 Å². The Hall–Kier alpha value is -6.26. The van der Waals surface area contributed by atoms with Crippen LogP contribution in [0.15, 0.2) is 72.8 Å². The van der Waals surface area contributed by atoms with Gasteiger partial charge in [0.15, 0.2) is 0 Å². The number of carbonyl (C=O) groups is 5. The van der Waals surface area contributed by atoms with Gasteiger partial charge >= 0.3 is 6.03 Å². The van der Waals surface area contributed by atoms with Crippen molar-refractivity contribution in [2.75, 3.05) is 64.2 Å². The highest BCUT2D eigenvalue weighted by Gasteiger charge is 2.40. The number of nitrogens with zero attached hydrogens (tertiary/aromatic N) is 7. The van der Waals surface area contributed by atoms with Crippen LogP contribution < -0.4 is 21.1 Å². The molecule has 6 amide bonds. The summed E-state index contributed by atoms with van der Waals surface area (Å²) >= 11 is 0. The molecule has 0 bridgehead atoms. The highest BCUT2D eigenvalue weighted by Crippen LogP contribution is 2.41. The number of anilines is 1. The van der Waals surface area contributed by atoms with Gasteiger partial charge in [0.25, 0.3) is 11.8 Å². The Bertz CT molecular complexity index is 2420. The summed E-state index contributed by atoms with van der Waals surface area (Å²) in [5, 5.41) is 10.9. The lowest BCUT2D eigenvalue weighted by Crippen LogP contribution is -2.55. The molecule has 6 aliphatic heterocycles. The monoisotopic (exact) mass is 868 g/mol. The first-order valence-electron chi connectivity index (χ1n) is 22.9. The van der Waals surface area contributed by atoms with Gasteiger partial charge in [-0.3, -0.25) is 29.4 Å². The van der Waals surface area contributed by atoms with Crippen molar-refractivity contribution in [3.8, 4) is 22.8 Å². The van der Waals surface area contributed by atoms with E-state index in [1.807, 2.05) is 81.2 Å². The maximum atomic E-state index is 13.7. The zero-order chi connectivity index (χ0) is 43.9. The molecule has 0 saturated carbocycles. The summed E-state index contributed by atoms with van der Waals surface area (Å²) in [6, 6.07) is 23.3. The molecule has 4 N–H and O–H groups in total. The molecule has 0 radical (unpaired) electrons. The van der Waals surface area contributed by atoms with Crippen LogP contribution in [0.25, 0.3) is 11.3 Å². The predicted molar refractivity (Wildman–Crippen MR) is 238 cm³/mol. The number of primary amides is 1. The van der Waals surface area contributed by atoms with Gasteiger partial charge in [0.1, 0.15) is 34.6 Å². The van der Waals surface area contributed by atoms with Crippen molar-refractivity contribution in [1.29, 1.82) is 0 Å². The lowest BCUT2D eigenvalue weighted by molar-refractivity contribution is -0.136. The van der Waals surface area contributed by atoms with Gasteiger partial charge in [-0.2, -0.15) is 5.10 Å². The van der Waals surface area contributed by atoms with Gasteiger partial charge in [-0.15, -0.1) is 0 Å². The summed E-state index contributed by atoms with van der Waals surface area (Å²) in [6.45, 7) is 8.26. The zero-order valence-electron chi connectivity index (χ0n) is 36.1. The van der Waals surface area contributed by atoms with Gasteiger partial charge in [0.05, 0.1) is 6.04 Å². The average Bonchev–Trinajstić information content (AvgIpc) is 3.87. The topological polar surface area (TPSA) is 179 Å². The quantitative estimate of drug-likeness (QED) is 0.200. The van der Waals surface area contributed by atoms with E-state index in [9.17, 15) is 24.0 Å². The van der Waals surface area contributed by atoms with E-state index in [0.717, 1.165) is 107 Å². The van der Waals surface area contributed by atoms with Crippen LogP contribution in [-0.2, 0) is 22.7 Å². The number of hydrogen-bond donors (Lipinski definition) is 3. The number of benzene rings is 3. The van der Waals surface area contributed by atoms with Crippen LogP contribution in [0, 0.1) is 5.92 Å². The normalized spacial score (nSPS) is 22.5. The lowest BCUT2D eigenvalue weighted by Gasteiger charge is -2.45. The number of ether oxygens (including phenoxy) is 1. The summed E-state index contributed by atoms with van der Waals surface area (Å²) in [5.41, 5.74) is 10.5. The van der Waals surface area contributed by atoms with Crippen LogP contribution in [-0.4, -0.2) is 135 Å². The second-order valence-corrected chi connectivity index (χ2v) is 18.1. The molecule has 10 rings (SSSR count). The van der Waals surface area contributed by atoms with Crippen molar-refractivity contribution >= 4 is 35.5 Å². The summed E-state index contributed by atoms with van der Waals surface area (Å²) in [4.78, 5) is 74.5. The fraction of sp³-hybridized carbons (Fsp3) is 0.458. The van der Waals surface area contributed by atoms with E-state index in [1.54, 1.807) is 4.90 Å². The van der Waals surface area contributed by atoms with Crippen molar-refractivity contribution in [1.82, 2.24) is 39.6 Å². The number of amides is 6. The number of imide groups is 1. The molecule has 6 aliphatic rings. The molecule has 0 spiro atoms. The molecule has 4 saturated heterocycles. The molecule has 16 nitrogen and oxygen atoms in total. The van der Waals surface area contributed by atoms with Gasteiger partial charge in [0, 0.05) is 82.5 Å². The molecule has 3 aromatic carbocycles. The largest absolute Gasteiger partial charge is 0.457 e. The van der Waals surface area contributed by atoms with E-state index in [4.69, 9.17) is 15.6 Å². The number of carbonyl (C=O) groups excluding carboxylic acids is 5. The second-order valence-electron chi connectivity index (χ2n) is 18.1. The van der Waals surface area contributed by atoms with Gasteiger partial charge < -0.3 is 35.4 Å². The summed E-state index contributed by atoms with van der Waals surface area (Å²) in [5.74, 6) is 1.24. The minimum atomic E-state index is -0.623. The number of piperidine rings is 3. The molecular weight excluding hydrogens is 813 g/mol. The number of fused-ring (bicyclic) bond motifs is 2. The van der Waals surface area contributed by atoms with Crippen LogP contribution in [0.1, 0.15) is 82.8 Å². The molecule has 1 aromatic heterocycles. The van der Waals surface area contributed by atoms with Crippen molar-refractivity contribution in [3.63, 3.8) is 0 Å². The Morgan fingerprint density at radius 3 is 2.22 bits per heavy atom. The molecule has 334 valence electrons.